The highest BCUT2D eigenvalue weighted by atomic mass is 16.6. The number of amides is 1. The number of hydrogen-bond donors (Lipinski definition) is 1. The lowest BCUT2D eigenvalue weighted by Gasteiger charge is -2.24. The van der Waals surface area contributed by atoms with Crippen molar-refractivity contribution in [1.82, 2.24) is 0 Å². The monoisotopic (exact) mass is 311 g/mol. The zero-order valence-electron chi connectivity index (χ0n) is 12.7. The van der Waals surface area contributed by atoms with Crippen LogP contribution in [0.15, 0.2) is 48.5 Å². The molecule has 0 unspecified atom stereocenters. The number of carbonyl (C=O) groups excluding carboxylic acids is 1. The van der Waals surface area contributed by atoms with Crippen LogP contribution in [0.3, 0.4) is 0 Å². The van der Waals surface area contributed by atoms with E-state index in [1.165, 1.54) is 29.8 Å². The summed E-state index contributed by atoms with van der Waals surface area (Å²) in [6.45, 7) is 2.36. The fourth-order valence-electron chi connectivity index (χ4n) is 2.89. The largest absolute Gasteiger partial charge is 0.359 e. The number of carbonyl (C=O) groups is 1. The van der Waals surface area contributed by atoms with Crippen molar-refractivity contribution in [2.45, 2.75) is 19.4 Å². The molecular formula is C17H17N3O3. The van der Waals surface area contributed by atoms with Gasteiger partial charge in [-0.1, -0.05) is 18.2 Å². The molecule has 2 aromatic carbocycles. The number of nitrogens with zero attached hydrogens (tertiary/aromatic N) is 2. The summed E-state index contributed by atoms with van der Waals surface area (Å²) in [5.41, 5.74) is 2.91. The van der Waals surface area contributed by atoms with E-state index in [-0.39, 0.29) is 24.2 Å². The molecule has 118 valence electrons. The number of benzene rings is 2. The summed E-state index contributed by atoms with van der Waals surface area (Å²) >= 11 is 0. The number of nitro benzene ring substituents is 1. The zero-order valence-corrected chi connectivity index (χ0v) is 12.7. The molecule has 2 aromatic rings. The SMILES string of the molecule is C[C@@H]1Cc2ccccc2N1CC(=O)Nc1ccc([N+](=O)[O-])cc1. The van der Waals surface area contributed by atoms with Gasteiger partial charge in [-0.15, -0.1) is 0 Å². The van der Waals surface area contributed by atoms with Gasteiger partial charge in [0.2, 0.25) is 5.91 Å². The van der Waals surface area contributed by atoms with E-state index < -0.39 is 4.92 Å². The number of para-hydroxylation sites is 1. The summed E-state index contributed by atoms with van der Waals surface area (Å²) in [6.07, 6.45) is 0.932. The van der Waals surface area contributed by atoms with Crippen LogP contribution >= 0.6 is 0 Å². The van der Waals surface area contributed by atoms with E-state index in [9.17, 15) is 14.9 Å². The minimum absolute atomic E-state index is 0.00471. The predicted molar refractivity (Wildman–Crippen MR) is 88.7 cm³/mol. The average molecular weight is 311 g/mol. The molecule has 0 saturated heterocycles. The number of anilines is 2. The molecule has 1 amide bonds. The van der Waals surface area contributed by atoms with Crippen molar-refractivity contribution >= 4 is 23.0 Å². The molecule has 6 heteroatoms. The molecule has 23 heavy (non-hydrogen) atoms. The Morgan fingerprint density at radius 3 is 2.65 bits per heavy atom. The topological polar surface area (TPSA) is 75.5 Å². The Labute approximate surface area is 133 Å². The summed E-state index contributed by atoms with van der Waals surface area (Å²) < 4.78 is 0. The molecule has 1 heterocycles. The summed E-state index contributed by atoms with van der Waals surface area (Å²) in [5.74, 6) is -0.137. The third kappa shape index (κ3) is 3.15. The summed E-state index contributed by atoms with van der Waals surface area (Å²) in [4.78, 5) is 24.5. The van der Waals surface area contributed by atoms with Crippen LogP contribution in [0.25, 0.3) is 0 Å². The quantitative estimate of drug-likeness (QED) is 0.695. The van der Waals surface area contributed by atoms with Crippen molar-refractivity contribution in [3.8, 4) is 0 Å². The van der Waals surface area contributed by atoms with Crippen LogP contribution in [-0.4, -0.2) is 23.4 Å². The Hall–Kier alpha value is -2.89. The first-order chi connectivity index (χ1) is 11.0. The first kappa shape index (κ1) is 15.0. The zero-order chi connectivity index (χ0) is 16.4. The lowest BCUT2D eigenvalue weighted by molar-refractivity contribution is -0.384. The molecule has 0 aromatic heterocycles. The summed E-state index contributed by atoms with van der Waals surface area (Å²) in [6, 6.07) is 14.2. The Morgan fingerprint density at radius 1 is 1.26 bits per heavy atom. The highest BCUT2D eigenvalue weighted by molar-refractivity contribution is 5.94. The average Bonchev–Trinajstić information content (AvgIpc) is 2.84. The second-order valence-electron chi connectivity index (χ2n) is 5.66. The van der Waals surface area contributed by atoms with Crippen molar-refractivity contribution in [2.75, 3.05) is 16.8 Å². The van der Waals surface area contributed by atoms with Crippen molar-refractivity contribution in [3.63, 3.8) is 0 Å². The fourth-order valence-corrected chi connectivity index (χ4v) is 2.89. The third-order valence-electron chi connectivity index (χ3n) is 4.02. The standard InChI is InChI=1S/C17H17N3O3/c1-12-10-13-4-2-3-5-16(13)19(12)11-17(21)18-14-6-8-15(9-7-14)20(22)23/h2-9,12H,10-11H2,1H3,(H,18,21)/t12-/m1/s1. The van der Waals surface area contributed by atoms with Gasteiger partial charge in [-0.25, -0.2) is 0 Å². The van der Waals surface area contributed by atoms with Crippen molar-refractivity contribution in [1.29, 1.82) is 0 Å². The normalized spacial score (nSPS) is 16.0. The Bertz CT molecular complexity index is 743. The van der Waals surface area contributed by atoms with Crippen LogP contribution in [-0.2, 0) is 11.2 Å². The second kappa shape index (κ2) is 6.08. The second-order valence-corrected chi connectivity index (χ2v) is 5.66. The number of nitro groups is 1. The molecule has 1 N–H and O–H groups in total. The molecular weight excluding hydrogens is 294 g/mol. The lowest BCUT2D eigenvalue weighted by Crippen LogP contribution is -2.37. The Morgan fingerprint density at radius 2 is 1.96 bits per heavy atom. The molecule has 0 bridgehead atoms. The van der Waals surface area contributed by atoms with E-state index in [2.05, 4.69) is 23.2 Å². The number of nitrogens with one attached hydrogen (secondary N) is 1. The van der Waals surface area contributed by atoms with Gasteiger partial charge >= 0.3 is 0 Å². The van der Waals surface area contributed by atoms with E-state index in [1.54, 1.807) is 0 Å². The number of non-ortho nitro benzene ring substituents is 1. The van der Waals surface area contributed by atoms with Gasteiger partial charge in [0.25, 0.3) is 5.69 Å². The summed E-state index contributed by atoms with van der Waals surface area (Å²) in [5, 5.41) is 13.4. The fraction of sp³-hybridized carbons (Fsp3) is 0.235. The van der Waals surface area contributed by atoms with Crippen LogP contribution in [0, 0.1) is 10.1 Å². The highest BCUT2D eigenvalue weighted by Crippen LogP contribution is 2.31. The first-order valence-corrected chi connectivity index (χ1v) is 7.43. The van der Waals surface area contributed by atoms with Crippen LogP contribution < -0.4 is 10.2 Å². The van der Waals surface area contributed by atoms with Crippen LogP contribution in [0.1, 0.15) is 12.5 Å². The van der Waals surface area contributed by atoms with E-state index in [1.807, 2.05) is 18.2 Å². The molecule has 3 rings (SSSR count). The van der Waals surface area contributed by atoms with E-state index in [0.717, 1.165) is 12.1 Å². The third-order valence-corrected chi connectivity index (χ3v) is 4.02. The molecule has 1 aliphatic rings. The minimum Gasteiger partial charge on any atom is -0.359 e. The van der Waals surface area contributed by atoms with E-state index in [4.69, 9.17) is 0 Å². The smallest absolute Gasteiger partial charge is 0.269 e. The predicted octanol–water partition coefficient (Wildman–Crippen LogP) is 2.98. The van der Waals surface area contributed by atoms with E-state index in [0.29, 0.717) is 5.69 Å². The molecule has 6 nitrogen and oxygen atoms in total. The van der Waals surface area contributed by atoms with E-state index >= 15 is 0 Å². The van der Waals surface area contributed by atoms with Crippen molar-refractivity contribution in [2.24, 2.45) is 0 Å². The maximum atomic E-state index is 12.3. The minimum atomic E-state index is -0.464. The van der Waals surface area contributed by atoms with Gasteiger partial charge in [0.05, 0.1) is 11.5 Å². The van der Waals surface area contributed by atoms with Gasteiger partial charge in [-0.2, -0.15) is 0 Å². The Balaban J connectivity index is 1.67. The molecule has 0 saturated carbocycles. The molecule has 0 radical (unpaired) electrons. The molecule has 0 fully saturated rings. The van der Waals surface area contributed by atoms with Gasteiger partial charge in [0, 0.05) is 29.5 Å². The summed E-state index contributed by atoms with van der Waals surface area (Å²) in [7, 11) is 0. The van der Waals surface area contributed by atoms with Crippen LogP contribution in [0.4, 0.5) is 17.1 Å². The van der Waals surface area contributed by atoms with Crippen molar-refractivity contribution in [3.05, 3.63) is 64.2 Å². The number of rotatable bonds is 4. The molecule has 1 aliphatic heterocycles. The lowest BCUT2D eigenvalue weighted by atomic mass is 10.1. The van der Waals surface area contributed by atoms with Gasteiger partial charge in [-0.3, -0.25) is 14.9 Å². The molecule has 0 spiro atoms. The maximum Gasteiger partial charge on any atom is 0.269 e. The van der Waals surface area contributed by atoms with Gasteiger partial charge < -0.3 is 10.2 Å². The van der Waals surface area contributed by atoms with Gasteiger partial charge in [0.1, 0.15) is 0 Å². The number of fused-ring (bicyclic) bond motifs is 1. The molecule has 1 atom stereocenters. The maximum absolute atomic E-state index is 12.3. The number of hydrogen-bond acceptors (Lipinski definition) is 4. The first-order valence-electron chi connectivity index (χ1n) is 7.43. The van der Waals surface area contributed by atoms with Crippen molar-refractivity contribution < 1.29 is 9.72 Å². The van der Waals surface area contributed by atoms with Crippen LogP contribution in [0.5, 0.6) is 0 Å². The molecule has 0 aliphatic carbocycles. The van der Waals surface area contributed by atoms with Gasteiger partial charge in [0.15, 0.2) is 0 Å². The van der Waals surface area contributed by atoms with Gasteiger partial charge in [-0.05, 0) is 37.1 Å². The van der Waals surface area contributed by atoms with Crippen LogP contribution in [0.2, 0.25) is 0 Å². The Kier molecular flexibility index (Phi) is 3.97. The highest BCUT2D eigenvalue weighted by Gasteiger charge is 2.26.